The Hall–Kier alpha value is -0.590. The van der Waals surface area contributed by atoms with Crippen molar-refractivity contribution in [1.82, 2.24) is 9.80 Å². The monoisotopic (exact) mass is 209 g/mol. The van der Waals surface area contributed by atoms with Crippen LogP contribution >= 0.6 is 0 Å². The summed E-state index contributed by atoms with van der Waals surface area (Å²) < 4.78 is 0. The zero-order valence-electron chi connectivity index (χ0n) is 10.1. The number of unbranched alkanes of at least 4 members (excludes halogenated alkanes) is 1. The Bertz CT molecular complexity index is 201. The van der Waals surface area contributed by atoms with Crippen molar-refractivity contribution in [2.75, 3.05) is 33.2 Å². The van der Waals surface area contributed by atoms with Crippen LogP contribution in [0.25, 0.3) is 0 Å². The lowest BCUT2D eigenvalue weighted by molar-refractivity contribution is 0.131. The molecule has 0 aliphatic carbocycles. The first-order valence-electron chi connectivity index (χ1n) is 6.07. The summed E-state index contributed by atoms with van der Waals surface area (Å²) >= 11 is 0. The maximum atomic E-state index is 8.48. The second-order valence-electron chi connectivity index (χ2n) is 4.41. The number of likely N-dealkylation sites (tertiary alicyclic amines) is 1. The van der Waals surface area contributed by atoms with Crippen LogP contribution in [-0.2, 0) is 0 Å². The number of hydrogen-bond acceptors (Lipinski definition) is 3. The van der Waals surface area contributed by atoms with Gasteiger partial charge in [-0.2, -0.15) is 5.26 Å². The van der Waals surface area contributed by atoms with Gasteiger partial charge in [-0.1, -0.05) is 6.92 Å². The van der Waals surface area contributed by atoms with Crippen LogP contribution in [-0.4, -0.2) is 49.1 Å². The van der Waals surface area contributed by atoms with Crippen molar-refractivity contribution in [2.45, 2.75) is 38.6 Å². The first kappa shape index (κ1) is 12.5. The van der Waals surface area contributed by atoms with Crippen molar-refractivity contribution in [3.63, 3.8) is 0 Å². The Balaban J connectivity index is 2.18. The average molecular weight is 209 g/mol. The Morgan fingerprint density at radius 2 is 2.07 bits per heavy atom. The number of nitriles is 1. The van der Waals surface area contributed by atoms with E-state index in [2.05, 4.69) is 29.8 Å². The third kappa shape index (κ3) is 4.19. The summed E-state index contributed by atoms with van der Waals surface area (Å²) in [5, 5.41) is 8.48. The number of piperidine rings is 1. The van der Waals surface area contributed by atoms with Gasteiger partial charge in [0, 0.05) is 12.5 Å². The lowest BCUT2D eigenvalue weighted by atomic mass is 10.0. The minimum Gasteiger partial charge on any atom is -0.303 e. The first-order valence-corrected chi connectivity index (χ1v) is 6.07. The molecule has 1 saturated heterocycles. The van der Waals surface area contributed by atoms with Crippen molar-refractivity contribution < 1.29 is 0 Å². The highest BCUT2D eigenvalue weighted by atomic mass is 15.2. The molecule has 0 N–H and O–H groups in total. The van der Waals surface area contributed by atoms with Gasteiger partial charge in [0.05, 0.1) is 6.07 Å². The van der Waals surface area contributed by atoms with Crippen LogP contribution < -0.4 is 0 Å². The van der Waals surface area contributed by atoms with E-state index in [1.165, 1.54) is 32.5 Å². The SMILES string of the molecule is CCN1CCC(N(C)CCCC#N)CC1. The van der Waals surface area contributed by atoms with E-state index in [4.69, 9.17) is 5.26 Å². The minimum atomic E-state index is 0.693. The summed E-state index contributed by atoms with van der Waals surface area (Å²) in [6.07, 6.45) is 4.28. The summed E-state index contributed by atoms with van der Waals surface area (Å²) in [6.45, 7) is 6.97. The highest BCUT2D eigenvalue weighted by Crippen LogP contribution is 2.15. The van der Waals surface area contributed by atoms with Crippen LogP contribution in [0.2, 0.25) is 0 Å². The lowest BCUT2D eigenvalue weighted by Gasteiger charge is -2.36. The molecule has 15 heavy (non-hydrogen) atoms. The van der Waals surface area contributed by atoms with Crippen molar-refractivity contribution in [3.05, 3.63) is 0 Å². The topological polar surface area (TPSA) is 30.3 Å². The Morgan fingerprint density at radius 1 is 1.40 bits per heavy atom. The molecule has 0 spiro atoms. The van der Waals surface area contributed by atoms with Crippen molar-refractivity contribution in [3.8, 4) is 6.07 Å². The van der Waals surface area contributed by atoms with Gasteiger partial charge in [-0.05, 0) is 52.5 Å². The predicted molar refractivity (Wildman–Crippen MR) is 62.6 cm³/mol. The number of hydrogen-bond donors (Lipinski definition) is 0. The standard InChI is InChI=1S/C12H23N3/c1-3-15-10-6-12(7-11-15)14(2)9-5-4-8-13/h12H,3-7,9-11H2,1-2H3. The Kier molecular flexibility index (Phi) is 5.67. The van der Waals surface area contributed by atoms with Gasteiger partial charge in [-0.3, -0.25) is 0 Å². The molecule has 0 unspecified atom stereocenters. The molecule has 0 atom stereocenters. The van der Waals surface area contributed by atoms with Crippen molar-refractivity contribution in [1.29, 1.82) is 5.26 Å². The summed E-state index contributed by atoms with van der Waals surface area (Å²) in [6, 6.07) is 2.95. The molecule has 0 bridgehead atoms. The van der Waals surface area contributed by atoms with E-state index in [0.717, 1.165) is 19.0 Å². The van der Waals surface area contributed by atoms with Gasteiger partial charge in [-0.15, -0.1) is 0 Å². The minimum absolute atomic E-state index is 0.693. The van der Waals surface area contributed by atoms with Crippen LogP contribution in [0.4, 0.5) is 0 Å². The van der Waals surface area contributed by atoms with Gasteiger partial charge in [0.2, 0.25) is 0 Å². The molecule has 3 heteroatoms. The zero-order valence-corrected chi connectivity index (χ0v) is 10.1. The van der Waals surface area contributed by atoms with E-state index < -0.39 is 0 Å². The van der Waals surface area contributed by atoms with Gasteiger partial charge in [0.15, 0.2) is 0 Å². The van der Waals surface area contributed by atoms with E-state index in [9.17, 15) is 0 Å². The molecule has 1 rings (SSSR count). The van der Waals surface area contributed by atoms with Gasteiger partial charge < -0.3 is 9.80 Å². The second kappa shape index (κ2) is 6.81. The molecule has 0 saturated carbocycles. The Labute approximate surface area is 93.7 Å². The molecular formula is C12H23N3. The number of rotatable bonds is 5. The predicted octanol–water partition coefficient (Wildman–Crippen LogP) is 1.71. The van der Waals surface area contributed by atoms with Gasteiger partial charge in [0.25, 0.3) is 0 Å². The van der Waals surface area contributed by atoms with E-state index in [-0.39, 0.29) is 0 Å². The molecule has 0 aromatic rings. The summed E-state index contributed by atoms with van der Waals surface area (Å²) in [5.41, 5.74) is 0. The molecule has 0 aromatic carbocycles. The van der Waals surface area contributed by atoms with E-state index >= 15 is 0 Å². The Morgan fingerprint density at radius 3 is 2.60 bits per heavy atom. The van der Waals surface area contributed by atoms with E-state index in [1.807, 2.05) is 0 Å². The molecule has 3 nitrogen and oxygen atoms in total. The summed E-state index contributed by atoms with van der Waals surface area (Å²) in [5.74, 6) is 0. The van der Waals surface area contributed by atoms with Crippen molar-refractivity contribution in [2.24, 2.45) is 0 Å². The maximum Gasteiger partial charge on any atom is 0.0622 e. The van der Waals surface area contributed by atoms with Gasteiger partial charge >= 0.3 is 0 Å². The average Bonchev–Trinajstić information content (AvgIpc) is 2.29. The molecule has 1 aliphatic heterocycles. The van der Waals surface area contributed by atoms with Crippen LogP contribution in [0.3, 0.4) is 0 Å². The first-order chi connectivity index (χ1) is 7.27. The maximum absolute atomic E-state index is 8.48. The fourth-order valence-corrected chi connectivity index (χ4v) is 2.27. The highest BCUT2D eigenvalue weighted by molar-refractivity contribution is 4.78. The van der Waals surface area contributed by atoms with Crippen LogP contribution in [0.1, 0.15) is 32.6 Å². The van der Waals surface area contributed by atoms with Crippen LogP contribution in [0.15, 0.2) is 0 Å². The molecule has 1 aliphatic rings. The lowest BCUT2D eigenvalue weighted by Crippen LogP contribution is -2.43. The van der Waals surface area contributed by atoms with Gasteiger partial charge in [-0.25, -0.2) is 0 Å². The second-order valence-corrected chi connectivity index (χ2v) is 4.41. The third-order valence-electron chi connectivity index (χ3n) is 3.43. The largest absolute Gasteiger partial charge is 0.303 e. The molecule has 0 radical (unpaired) electrons. The fourth-order valence-electron chi connectivity index (χ4n) is 2.27. The summed E-state index contributed by atoms with van der Waals surface area (Å²) in [4.78, 5) is 4.95. The van der Waals surface area contributed by atoms with E-state index in [0.29, 0.717) is 6.42 Å². The quantitative estimate of drug-likeness (QED) is 0.646. The van der Waals surface area contributed by atoms with Crippen LogP contribution in [0.5, 0.6) is 0 Å². The number of nitrogens with zero attached hydrogens (tertiary/aromatic N) is 3. The highest BCUT2D eigenvalue weighted by Gasteiger charge is 2.20. The molecule has 0 aromatic heterocycles. The van der Waals surface area contributed by atoms with E-state index in [1.54, 1.807) is 0 Å². The smallest absolute Gasteiger partial charge is 0.0622 e. The molecule has 1 fully saturated rings. The molecule has 0 amide bonds. The molecular weight excluding hydrogens is 186 g/mol. The van der Waals surface area contributed by atoms with Crippen LogP contribution in [0, 0.1) is 11.3 Å². The van der Waals surface area contributed by atoms with Gasteiger partial charge in [0.1, 0.15) is 0 Å². The normalized spacial score (nSPS) is 19.3. The molecule has 86 valence electrons. The molecule has 1 heterocycles. The fraction of sp³-hybridized carbons (Fsp3) is 0.917. The van der Waals surface area contributed by atoms with Crippen molar-refractivity contribution >= 4 is 0 Å². The third-order valence-corrected chi connectivity index (χ3v) is 3.43. The zero-order chi connectivity index (χ0) is 11.1. The summed E-state index contributed by atoms with van der Waals surface area (Å²) in [7, 11) is 2.20.